The number of methoxy groups -OCH3 is 1. The Kier molecular flexibility index (Phi) is 6.37. The number of anilines is 3. The highest BCUT2D eigenvalue weighted by Crippen LogP contribution is 2.32. The van der Waals surface area contributed by atoms with E-state index in [0.29, 0.717) is 32.1 Å². The molecule has 0 bridgehead atoms. The van der Waals surface area contributed by atoms with Crippen LogP contribution in [0.4, 0.5) is 23.0 Å². The van der Waals surface area contributed by atoms with Gasteiger partial charge in [0, 0.05) is 52.1 Å². The summed E-state index contributed by atoms with van der Waals surface area (Å²) in [6, 6.07) is 10.2. The molecule has 2 heterocycles. The third-order valence-electron chi connectivity index (χ3n) is 4.50. The van der Waals surface area contributed by atoms with Crippen LogP contribution in [0.2, 0.25) is 0 Å². The minimum atomic E-state index is -0.405. The van der Waals surface area contributed by atoms with E-state index < -0.39 is 4.92 Å². The smallest absolute Gasteiger partial charge is 0.353 e. The molecular formula is C18H24N6O3. The summed E-state index contributed by atoms with van der Waals surface area (Å²) >= 11 is 0. The van der Waals surface area contributed by atoms with Gasteiger partial charge in [-0.3, -0.25) is 10.1 Å². The number of piperazine rings is 1. The first kappa shape index (κ1) is 18.8. The zero-order valence-electron chi connectivity index (χ0n) is 15.4. The normalized spacial score (nSPS) is 14.3. The van der Waals surface area contributed by atoms with E-state index in [0.717, 1.165) is 25.2 Å². The van der Waals surface area contributed by atoms with Crippen molar-refractivity contribution < 1.29 is 9.66 Å². The van der Waals surface area contributed by atoms with Gasteiger partial charge < -0.3 is 19.9 Å². The Morgan fingerprint density at radius 1 is 1.15 bits per heavy atom. The summed E-state index contributed by atoms with van der Waals surface area (Å²) < 4.78 is 5.00. The van der Waals surface area contributed by atoms with Gasteiger partial charge in [-0.1, -0.05) is 18.2 Å². The van der Waals surface area contributed by atoms with Gasteiger partial charge in [0.05, 0.1) is 4.92 Å². The van der Waals surface area contributed by atoms with Crippen molar-refractivity contribution in [3.8, 4) is 0 Å². The predicted molar refractivity (Wildman–Crippen MR) is 105 cm³/mol. The highest BCUT2D eigenvalue weighted by molar-refractivity contribution is 5.70. The summed E-state index contributed by atoms with van der Waals surface area (Å²) in [7, 11) is 1.63. The molecule has 0 aliphatic carbocycles. The molecule has 0 saturated carbocycles. The van der Waals surface area contributed by atoms with E-state index in [4.69, 9.17) is 4.74 Å². The molecule has 1 aliphatic rings. The van der Waals surface area contributed by atoms with Gasteiger partial charge in [0.2, 0.25) is 11.6 Å². The molecule has 0 amide bonds. The lowest BCUT2D eigenvalue weighted by Crippen LogP contribution is -2.47. The first-order valence-corrected chi connectivity index (χ1v) is 8.98. The maximum Gasteiger partial charge on any atom is 0.353 e. The average Bonchev–Trinajstić information content (AvgIpc) is 2.71. The number of hydrogen-bond acceptors (Lipinski definition) is 8. The lowest BCUT2D eigenvalue weighted by atomic mass is 10.2. The summed E-state index contributed by atoms with van der Waals surface area (Å²) in [6.45, 7) is 4.02. The molecule has 9 nitrogen and oxygen atoms in total. The van der Waals surface area contributed by atoms with Crippen molar-refractivity contribution in [1.82, 2.24) is 9.97 Å². The second-order valence-corrected chi connectivity index (χ2v) is 6.23. The Labute approximate surface area is 158 Å². The standard InChI is InChI=1S/C18H24N6O3/c1-27-13-5-8-19-17-16(24(25)26)18(21-14-20-17)23-11-9-22(10-12-23)15-6-3-2-4-7-15/h2-4,6-7,14H,5,8-13H2,1H3,(H,19,20,21). The van der Waals surface area contributed by atoms with Crippen molar-refractivity contribution in [2.75, 3.05) is 61.6 Å². The van der Waals surface area contributed by atoms with Crippen LogP contribution in [-0.2, 0) is 4.74 Å². The van der Waals surface area contributed by atoms with E-state index in [-0.39, 0.29) is 11.5 Å². The fraction of sp³-hybridized carbons (Fsp3) is 0.444. The van der Waals surface area contributed by atoms with Gasteiger partial charge in [-0.2, -0.15) is 0 Å². The van der Waals surface area contributed by atoms with Crippen molar-refractivity contribution in [2.24, 2.45) is 0 Å². The number of nitro groups is 1. The molecule has 1 fully saturated rings. The lowest BCUT2D eigenvalue weighted by molar-refractivity contribution is -0.383. The number of aromatic nitrogens is 2. The average molecular weight is 372 g/mol. The monoisotopic (exact) mass is 372 g/mol. The molecule has 1 saturated heterocycles. The highest BCUT2D eigenvalue weighted by atomic mass is 16.6. The Balaban J connectivity index is 1.72. The fourth-order valence-electron chi connectivity index (χ4n) is 3.14. The van der Waals surface area contributed by atoms with Gasteiger partial charge in [-0.25, -0.2) is 9.97 Å². The van der Waals surface area contributed by atoms with Crippen LogP contribution in [0, 0.1) is 10.1 Å². The van der Waals surface area contributed by atoms with Crippen molar-refractivity contribution in [3.63, 3.8) is 0 Å². The van der Waals surface area contributed by atoms with Crippen LogP contribution >= 0.6 is 0 Å². The molecule has 1 N–H and O–H groups in total. The van der Waals surface area contributed by atoms with E-state index in [1.807, 2.05) is 23.1 Å². The Morgan fingerprint density at radius 3 is 2.52 bits per heavy atom. The van der Waals surface area contributed by atoms with Crippen LogP contribution in [0.5, 0.6) is 0 Å². The fourth-order valence-corrected chi connectivity index (χ4v) is 3.14. The molecule has 1 aromatic carbocycles. The first-order chi connectivity index (χ1) is 13.2. The number of benzene rings is 1. The summed E-state index contributed by atoms with van der Waals surface area (Å²) in [5.74, 6) is 0.628. The quantitative estimate of drug-likeness (QED) is 0.428. The van der Waals surface area contributed by atoms with Crippen molar-refractivity contribution in [3.05, 3.63) is 46.8 Å². The van der Waals surface area contributed by atoms with Crippen molar-refractivity contribution >= 4 is 23.0 Å². The van der Waals surface area contributed by atoms with E-state index in [2.05, 4.69) is 32.3 Å². The van der Waals surface area contributed by atoms with Crippen LogP contribution in [-0.4, -0.2) is 61.3 Å². The summed E-state index contributed by atoms with van der Waals surface area (Å²) in [6.07, 6.45) is 2.12. The summed E-state index contributed by atoms with van der Waals surface area (Å²) in [5.41, 5.74) is 1.10. The third-order valence-corrected chi connectivity index (χ3v) is 4.50. The number of nitrogens with zero attached hydrogens (tertiary/aromatic N) is 5. The first-order valence-electron chi connectivity index (χ1n) is 8.98. The van der Waals surface area contributed by atoms with E-state index in [1.165, 1.54) is 6.33 Å². The van der Waals surface area contributed by atoms with Crippen LogP contribution in [0.25, 0.3) is 0 Å². The molecule has 1 aromatic heterocycles. The van der Waals surface area contributed by atoms with E-state index in [1.54, 1.807) is 7.11 Å². The third kappa shape index (κ3) is 4.62. The summed E-state index contributed by atoms with van der Waals surface area (Å²) in [5, 5.41) is 14.7. The zero-order valence-corrected chi connectivity index (χ0v) is 15.4. The number of hydrogen-bond donors (Lipinski definition) is 1. The van der Waals surface area contributed by atoms with Gasteiger partial charge in [-0.05, 0) is 18.6 Å². The minimum Gasteiger partial charge on any atom is -0.385 e. The van der Waals surface area contributed by atoms with E-state index in [9.17, 15) is 10.1 Å². The van der Waals surface area contributed by atoms with E-state index >= 15 is 0 Å². The topological polar surface area (TPSA) is 96.7 Å². The minimum absolute atomic E-state index is 0.0666. The lowest BCUT2D eigenvalue weighted by Gasteiger charge is -2.36. The number of ether oxygens (including phenoxy) is 1. The summed E-state index contributed by atoms with van der Waals surface area (Å²) in [4.78, 5) is 23.8. The molecule has 9 heteroatoms. The van der Waals surface area contributed by atoms with Gasteiger partial charge in [0.25, 0.3) is 0 Å². The maximum atomic E-state index is 11.7. The second-order valence-electron chi connectivity index (χ2n) is 6.23. The Bertz CT molecular complexity index is 750. The van der Waals surface area contributed by atoms with Crippen LogP contribution in [0.1, 0.15) is 6.42 Å². The molecule has 3 rings (SSSR count). The maximum absolute atomic E-state index is 11.7. The molecule has 27 heavy (non-hydrogen) atoms. The molecule has 144 valence electrons. The van der Waals surface area contributed by atoms with Gasteiger partial charge in [0.15, 0.2) is 0 Å². The zero-order chi connectivity index (χ0) is 19.1. The number of nitrogens with one attached hydrogen (secondary N) is 1. The van der Waals surface area contributed by atoms with Crippen molar-refractivity contribution in [2.45, 2.75) is 6.42 Å². The van der Waals surface area contributed by atoms with Crippen LogP contribution in [0.15, 0.2) is 36.7 Å². The molecular weight excluding hydrogens is 348 g/mol. The highest BCUT2D eigenvalue weighted by Gasteiger charge is 2.29. The predicted octanol–water partition coefficient (Wildman–Crippen LogP) is 2.16. The molecule has 0 atom stereocenters. The number of rotatable bonds is 8. The molecule has 2 aromatic rings. The van der Waals surface area contributed by atoms with Gasteiger partial charge in [0.1, 0.15) is 6.33 Å². The van der Waals surface area contributed by atoms with Crippen molar-refractivity contribution in [1.29, 1.82) is 0 Å². The molecule has 0 spiro atoms. The Morgan fingerprint density at radius 2 is 1.85 bits per heavy atom. The number of para-hydroxylation sites is 1. The Hall–Kier alpha value is -2.94. The largest absolute Gasteiger partial charge is 0.385 e. The molecule has 0 unspecified atom stereocenters. The van der Waals surface area contributed by atoms with Crippen LogP contribution < -0.4 is 15.1 Å². The molecule has 1 aliphatic heterocycles. The van der Waals surface area contributed by atoms with Crippen LogP contribution in [0.3, 0.4) is 0 Å². The van der Waals surface area contributed by atoms with Gasteiger partial charge >= 0.3 is 5.69 Å². The van der Waals surface area contributed by atoms with Gasteiger partial charge in [-0.15, -0.1) is 0 Å². The second kappa shape index (κ2) is 9.13. The SMILES string of the molecule is COCCCNc1ncnc(N2CCN(c3ccccc3)CC2)c1[N+](=O)[O-]. The molecule has 0 radical (unpaired) electrons.